The van der Waals surface area contributed by atoms with Crippen LogP contribution in [-0.2, 0) is 20.9 Å². The number of allylic oxidation sites excluding steroid dienone is 3. The number of ether oxygens (including phenoxy) is 3. The van der Waals surface area contributed by atoms with Crippen molar-refractivity contribution in [3.05, 3.63) is 118 Å². The summed E-state index contributed by atoms with van der Waals surface area (Å²) in [5.74, 6) is 0.426. The van der Waals surface area contributed by atoms with Gasteiger partial charge in [-0.3, -0.25) is 4.79 Å². The third-order valence-electron chi connectivity index (χ3n) is 7.62. The number of hydrogen-bond donors (Lipinski definition) is 1. The van der Waals surface area contributed by atoms with Crippen LogP contribution in [0.5, 0.6) is 11.5 Å². The van der Waals surface area contributed by atoms with Gasteiger partial charge >= 0.3 is 5.97 Å². The first kappa shape index (κ1) is 28.2. The maximum atomic E-state index is 13.9. The number of nitrogens with one attached hydrogen (secondary N) is 1. The Labute approximate surface area is 242 Å². The third kappa shape index (κ3) is 6.22. The van der Waals surface area contributed by atoms with Gasteiger partial charge in [-0.25, -0.2) is 4.79 Å². The van der Waals surface area contributed by atoms with Gasteiger partial charge in [-0.15, -0.1) is 0 Å². The Kier molecular flexibility index (Phi) is 8.58. The van der Waals surface area contributed by atoms with Gasteiger partial charge in [-0.2, -0.15) is 0 Å². The molecule has 0 saturated heterocycles. The molecule has 0 fully saturated rings. The van der Waals surface area contributed by atoms with Crippen molar-refractivity contribution in [2.45, 2.75) is 52.1 Å². The third-order valence-corrected chi connectivity index (χ3v) is 7.62. The van der Waals surface area contributed by atoms with Gasteiger partial charge in [-0.05, 0) is 54.0 Å². The second-order valence-electron chi connectivity index (χ2n) is 11.1. The number of benzene rings is 3. The van der Waals surface area contributed by atoms with Gasteiger partial charge in [0.05, 0.1) is 19.3 Å². The minimum absolute atomic E-state index is 0.0302. The van der Waals surface area contributed by atoms with Crippen LogP contribution in [0.25, 0.3) is 0 Å². The van der Waals surface area contributed by atoms with E-state index < -0.39 is 11.9 Å². The average molecular weight is 552 g/mol. The highest BCUT2D eigenvalue weighted by atomic mass is 16.5. The predicted molar refractivity (Wildman–Crippen MR) is 159 cm³/mol. The van der Waals surface area contributed by atoms with Gasteiger partial charge in [0, 0.05) is 29.3 Å². The lowest BCUT2D eigenvalue weighted by Gasteiger charge is -2.37. The van der Waals surface area contributed by atoms with Crippen molar-refractivity contribution in [2.75, 3.05) is 13.7 Å². The highest BCUT2D eigenvalue weighted by molar-refractivity contribution is 6.04. The summed E-state index contributed by atoms with van der Waals surface area (Å²) >= 11 is 0. The molecule has 0 bridgehead atoms. The first-order chi connectivity index (χ1) is 19.9. The molecule has 0 amide bonds. The maximum Gasteiger partial charge on any atom is 0.336 e. The summed E-state index contributed by atoms with van der Waals surface area (Å²) in [6, 6.07) is 25.7. The van der Waals surface area contributed by atoms with E-state index in [1.54, 1.807) is 7.11 Å². The minimum atomic E-state index is -0.577. The maximum absolute atomic E-state index is 13.9. The summed E-state index contributed by atoms with van der Waals surface area (Å²) in [6.07, 6.45) is 1.06. The number of esters is 1. The summed E-state index contributed by atoms with van der Waals surface area (Å²) in [5.41, 5.74) is 5.60. The van der Waals surface area contributed by atoms with Crippen molar-refractivity contribution in [3.8, 4) is 11.5 Å². The molecule has 1 heterocycles. The Balaban J connectivity index is 1.53. The summed E-state index contributed by atoms with van der Waals surface area (Å²) in [5, 5.41) is 3.43. The van der Waals surface area contributed by atoms with Crippen LogP contribution in [-0.4, -0.2) is 25.5 Å². The molecule has 212 valence electrons. The van der Waals surface area contributed by atoms with Crippen molar-refractivity contribution in [3.63, 3.8) is 0 Å². The molecule has 41 heavy (non-hydrogen) atoms. The van der Waals surface area contributed by atoms with Gasteiger partial charge in [0.25, 0.3) is 0 Å². The lowest BCUT2D eigenvalue weighted by molar-refractivity contribution is -0.140. The van der Waals surface area contributed by atoms with E-state index in [0.717, 1.165) is 22.4 Å². The topological polar surface area (TPSA) is 73.9 Å². The van der Waals surface area contributed by atoms with E-state index >= 15 is 0 Å². The lowest BCUT2D eigenvalue weighted by Crippen LogP contribution is -2.36. The van der Waals surface area contributed by atoms with Crippen LogP contribution in [0.1, 0.15) is 62.1 Å². The molecule has 0 spiro atoms. The van der Waals surface area contributed by atoms with E-state index in [9.17, 15) is 9.59 Å². The summed E-state index contributed by atoms with van der Waals surface area (Å²) in [4.78, 5) is 27.4. The summed E-state index contributed by atoms with van der Waals surface area (Å²) < 4.78 is 17.5. The molecular formula is C35H37NO5. The van der Waals surface area contributed by atoms with Crippen LogP contribution in [0.15, 0.2) is 101 Å². The number of ketones is 1. The molecule has 1 N–H and O–H groups in total. The van der Waals surface area contributed by atoms with Gasteiger partial charge in [0.2, 0.25) is 0 Å². The normalized spacial score (nSPS) is 18.6. The number of rotatable bonds is 9. The fourth-order valence-corrected chi connectivity index (χ4v) is 5.64. The molecule has 1 aliphatic carbocycles. The average Bonchev–Trinajstić information content (AvgIpc) is 2.99. The van der Waals surface area contributed by atoms with Gasteiger partial charge in [-0.1, -0.05) is 80.6 Å². The standard InChI is InChI=1S/C35H37NO5/c1-22(2)20-41-35(38)32-23(3)36-28-17-27(25-13-9-6-10-14-25)18-29(37)34(28)33(32)26-15-16-30(31(19-26)39-4)40-21-24-11-7-5-8-12-24/h5-16,19,22,27,33,36H,17-18,20-21H2,1-4H3/t27-,33-/m0/s1. The zero-order valence-corrected chi connectivity index (χ0v) is 24.1. The fourth-order valence-electron chi connectivity index (χ4n) is 5.64. The Morgan fingerprint density at radius 3 is 2.32 bits per heavy atom. The lowest BCUT2D eigenvalue weighted by atomic mass is 9.71. The van der Waals surface area contributed by atoms with Crippen molar-refractivity contribution in [1.29, 1.82) is 0 Å². The van der Waals surface area contributed by atoms with Crippen LogP contribution < -0.4 is 14.8 Å². The van der Waals surface area contributed by atoms with E-state index in [2.05, 4.69) is 17.4 Å². The number of carbonyl (C=O) groups excluding carboxylic acids is 2. The minimum Gasteiger partial charge on any atom is -0.493 e. The van der Waals surface area contributed by atoms with E-state index in [1.165, 1.54) is 0 Å². The summed E-state index contributed by atoms with van der Waals surface area (Å²) in [6.45, 7) is 6.57. The Morgan fingerprint density at radius 2 is 1.63 bits per heavy atom. The van der Waals surface area contributed by atoms with Crippen LogP contribution in [0.3, 0.4) is 0 Å². The number of carbonyl (C=O) groups is 2. The highest BCUT2D eigenvalue weighted by Gasteiger charge is 2.41. The largest absolute Gasteiger partial charge is 0.493 e. The quantitative estimate of drug-likeness (QED) is 0.294. The molecule has 0 saturated carbocycles. The molecule has 3 aromatic rings. The molecule has 5 rings (SSSR count). The molecule has 2 atom stereocenters. The zero-order valence-electron chi connectivity index (χ0n) is 24.1. The van der Waals surface area contributed by atoms with Crippen LogP contribution in [0, 0.1) is 5.92 Å². The number of Topliss-reactive ketones (excluding diaryl/α,β-unsaturated/α-hetero) is 1. The van der Waals surface area contributed by atoms with E-state index in [0.29, 0.717) is 54.4 Å². The molecule has 0 aromatic heterocycles. The summed E-state index contributed by atoms with van der Waals surface area (Å²) in [7, 11) is 1.59. The molecular weight excluding hydrogens is 514 g/mol. The second-order valence-corrected chi connectivity index (χ2v) is 11.1. The van der Waals surface area contributed by atoms with Crippen molar-refractivity contribution >= 4 is 11.8 Å². The van der Waals surface area contributed by atoms with E-state index in [4.69, 9.17) is 14.2 Å². The van der Waals surface area contributed by atoms with Crippen LogP contribution in [0.4, 0.5) is 0 Å². The number of methoxy groups -OCH3 is 1. The number of hydrogen-bond acceptors (Lipinski definition) is 6. The van der Waals surface area contributed by atoms with Crippen LogP contribution >= 0.6 is 0 Å². The van der Waals surface area contributed by atoms with Crippen molar-refractivity contribution < 1.29 is 23.8 Å². The molecule has 0 unspecified atom stereocenters. The first-order valence-corrected chi connectivity index (χ1v) is 14.2. The zero-order chi connectivity index (χ0) is 28.9. The monoisotopic (exact) mass is 551 g/mol. The van der Waals surface area contributed by atoms with Crippen molar-refractivity contribution in [2.24, 2.45) is 5.92 Å². The Morgan fingerprint density at radius 1 is 0.927 bits per heavy atom. The predicted octanol–water partition coefficient (Wildman–Crippen LogP) is 6.84. The molecule has 6 nitrogen and oxygen atoms in total. The fraction of sp³-hybridized carbons (Fsp3) is 0.314. The van der Waals surface area contributed by atoms with Gasteiger partial charge in [0.1, 0.15) is 6.61 Å². The highest BCUT2D eigenvalue weighted by Crippen LogP contribution is 2.47. The SMILES string of the molecule is COc1cc([C@H]2C(C(=O)OCC(C)C)=C(C)NC3=C2C(=O)C[C@@H](c2ccccc2)C3)ccc1OCc1ccccc1. The van der Waals surface area contributed by atoms with Crippen LogP contribution in [0.2, 0.25) is 0 Å². The van der Waals surface area contributed by atoms with Gasteiger partial charge in [0.15, 0.2) is 17.3 Å². The molecule has 6 heteroatoms. The second kappa shape index (κ2) is 12.5. The number of dihydropyridines is 1. The Bertz CT molecular complexity index is 1470. The first-order valence-electron chi connectivity index (χ1n) is 14.2. The molecule has 2 aliphatic rings. The van der Waals surface area contributed by atoms with Gasteiger partial charge < -0.3 is 19.5 Å². The van der Waals surface area contributed by atoms with E-state index in [1.807, 2.05) is 87.5 Å². The van der Waals surface area contributed by atoms with E-state index in [-0.39, 0.29) is 17.6 Å². The van der Waals surface area contributed by atoms with Crippen molar-refractivity contribution in [1.82, 2.24) is 5.32 Å². The molecule has 0 radical (unpaired) electrons. The molecule has 1 aliphatic heterocycles. The molecule has 3 aromatic carbocycles. The Hall–Kier alpha value is -4.32. The smallest absolute Gasteiger partial charge is 0.336 e.